The number of aryl methyl sites for hydroxylation is 1. The summed E-state index contributed by atoms with van der Waals surface area (Å²) in [5.74, 6) is 0.121. The molecule has 1 aromatic rings. The van der Waals surface area contributed by atoms with E-state index in [1.54, 1.807) is 0 Å². The van der Waals surface area contributed by atoms with Crippen LogP contribution in [0.1, 0.15) is 25.8 Å². The van der Waals surface area contributed by atoms with Crippen molar-refractivity contribution >= 4 is 10.0 Å². The summed E-state index contributed by atoms with van der Waals surface area (Å²) >= 11 is 0. The third-order valence-corrected chi connectivity index (χ3v) is 4.42. The molecule has 0 unspecified atom stereocenters. The third kappa shape index (κ3) is 6.71. The zero-order valence-corrected chi connectivity index (χ0v) is 12.5. The van der Waals surface area contributed by atoms with Gasteiger partial charge in [0.15, 0.2) is 0 Å². The molecule has 1 rings (SSSR count). The van der Waals surface area contributed by atoms with Gasteiger partial charge in [0, 0.05) is 6.54 Å². The summed E-state index contributed by atoms with van der Waals surface area (Å²) in [5, 5.41) is 0. The van der Waals surface area contributed by atoms with Crippen LogP contribution in [0.4, 0.5) is 0 Å². The van der Waals surface area contributed by atoms with Gasteiger partial charge in [-0.25, -0.2) is 13.1 Å². The van der Waals surface area contributed by atoms with E-state index in [1.165, 1.54) is 0 Å². The van der Waals surface area contributed by atoms with Crippen LogP contribution in [-0.4, -0.2) is 27.3 Å². The lowest BCUT2D eigenvalue weighted by Crippen LogP contribution is -2.36. The summed E-state index contributed by atoms with van der Waals surface area (Å²) in [6, 6.07) is 9.63. The molecule has 0 heterocycles. The minimum Gasteiger partial charge on any atom is -0.330 e. The molecular weight excluding hydrogens is 260 g/mol. The molecule has 108 valence electrons. The van der Waals surface area contributed by atoms with Gasteiger partial charge in [-0.3, -0.25) is 0 Å². The third-order valence-electron chi connectivity index (χ3n) is 3.09. The van der Waals surface area contributed by atoms with Gasteiger partial charge in [-0.1, -0.05) is 44.2 Å². The normalized spacial score (nSPS) is 12.6. The summed E-state index contributed by atoms with van der Waals surface area (Å²) < 4.78 is 26.5. The van der Waals surface area contributed by atoms with Gasteiger partial charge < -0.3 is 5.73 Å². The Hall–Kier alpha value is -0.910. The Morgan fingerprint density at radius 3 is 2.42 bits per heavy atom. The lowest BCUT2D eigenvalue weighted by Gasteiger charge is -2.24. The molecule has 0 aliphatic rings. The lowest BCUT2D eigenvalue weighted by molar-refractivity contribution is 0.340. The monoisotopic (exact) mass is 284 g/mol. The summed E-state index contributed by atoms with van der Waals surface area (Å²) in [4.78, 5) is 0. The van der Waals surface area contributed by atoms with Gasteiger partial charge in [-0.2, -0.15) is 0 Å². The van der Waals surface area contributed by atoms with Crippen LogP contribution in [0.25, 0.3) is 0 Å². The minimum atomic E-state index is -3.22. The quantitative estimate of drug-likeness (QED) is 0.760. The lowest BCUT2D eigenvalue weighted by atomic mass is 9.90. The molecule has 0 atom stereocenters. The topological polar surface area (TPSA) is 72.2 Å². The van der Waals surface area contributed by atoms with Crippen molar-refractivity contribution in [3.63, 3.8) is 0 Å². The Bertz CT molecular complexity index is 469. The zero-order valence-electron chi connectivity index (χ0n) is 11.7. The number of nitrogens with one attached hydrogen (secondary N) is 1. The van der Waals surface area contributed by atoms with E-state index >= 15 is 0 Å². The van der Waals surface area contributed by atoms with Crippen LogP contribution in [0.2, 0.25) is 0 Å². The molecule has 0 saturated carbocycles. The molecule has 0 bridgehead atoms. The van der Waals surface area contributed by atoms with Gasteiger partial charge in [0.2, 0.25) is 10.0 Å². The molecule has 0 amide bonds. The molecule has 4 nitrogen and oxygen atoms in total. The maximum Gasteiger partial charge on any atom is 0.211 e. The first-order chi connectivity index (χ1) is 8.85. The smallest absolute Gasteiger partial charge is 0.211 e. The van der Waals surface area contributed by atoms with Crippen LogP contribution in [0.5, 0.6) is 0 Å². The van der Waals surface area contributed by atoms with Crippen LogP contribution in [0, 0.1) is 5.41 Å². The zero-order chi connectivity index (χ0) is 14.4. The molecule has 5 heteroatoms. The van der Waals surface area contributed by atoms with Crippen LogP contribution < -0.4 is 10.5 Å². The fourth-order valence-corrected chi connectivity index (χ4v) is 3.01. The van der Waals surface area contributed by atoms with Crippen molar-refractivity contribution in [1.29, 1.82) is 0 Å². The van der Waals surface area contributed by atoms with E-state index in [9.17, 15) is 8.42 Å². The van der Waals surface area contributed by atoms with E-state index in [-0.39, 0.29) is 11.2 Å². The molecule has 0 spiro atoms. The number of hydrogen-bond donors (Lipinski definition) is 2. The summed E-state index contributed by atoms with van der Waals surface area (Å²) in [7, 11) is -3.22. The van der Waals surface area contributed by atoms with Crippen LogP contribution in [0.15, 0.2) is 30.3 Å². The van der Waals surface area contributed by atoms with Gasteiger partial charge in [0.1, 0.15) is 0 Å². The maximum absolute atomic E-state index is 11.9. The fourth-order valence-electron chi connectivity index (χ4n) is 1.75. The Kier molecular flexibility index (Phi) is 5.97. The van der Waals surface area contributed by atoms with E-state index in [0.717, 1.165) is 12.0 Å². The largest absolute Gasteiger partial charge is 0.330 e. The number of benzene rings is 1. The van der Waals surface area contributed by atoms with Gasteiger partial charge >= 0.3 is 0 Å². The number of nitrogens with two attached hydrogens (primary N) is 1. The Morgan fingerprint density at radius 2 is 1.84 bits per heavy atom. The summed E-state index contributed by atoms with van der Waals surface area (Å²) in [5.41, 5.74) is 6.45. The highest BCUT2D eigenvalue weighted by atomic mass is 32.2. The number of rotatable bonds is 8. The molecule has 0 aromatic heterocycles. The molecule has 0 radical (unpaired) electrons. The number of sulfonamides is 1. The molecule has 3 N–H and O–H groups in total. The second-order valence-corrected chi connectivity index (χ2v) is 7.50. The average molecular weight is 284 g/mol. The van der Waals surface area contributed by atoms with Crippen molar-refractivity contribution < 1.29 is 8.42 Å². The molecule has 0 saturated heterocycles. The molecule has 1 aromatic carbocycles. The van der Waals surface area contributed by atoms with E-state index in [2.05, 4.69) is 4.72 Å². The van der Waals surface area contributed by atoms with Crippen LogP contribution in [0.3, 0.4) is 0 Å². The second kappa shape index (κ2) is 7.03. The minimum absolute atomic E-state index is 0.103. The van der Waals surface area contributed by atoms with Crippen molar-refractivity contribution in [2.24, 2.45) is 11.1 Å². The maximum atomic E-state index is 11.9. The van der Waals surface area contributed by atoms with E-state index in [4.69, 9.17) is 5.73 Å². The molecule has 0 aliphatic carbocycles. The SMILES string of the molecule is CC(C)(CCN)CNS(=O)(=O)CCc1ccccc1. The highest BCUT2D eigenvalue weighted by molar-refractivity contribution is 7.89. The molecular formula is C14H24N2O2S. The summed E-state index contributed by atoms with van der Waals surface area (Å²) in [6.07, 6.45) is 1.34. The molecule has 0 fully saturated rings. The Balaban J connectivity index is 2.44. The van der Waals surface area contributed by atoms with Crippen LogP contribution in [-0.2, 0) is 16.4 Å². The molecule has 19 heavy (non-hydrogen) atoms. The highest BCUT2D eigenvalue weighted by Gasteiger charge is 2.20. The Morgan fingerprint density at radius 1 is 1.21 bits per heavy atom. The Labute approximate surface area is 116 Å². The van der Waals surface area contributed by atoms with Crippen molar-refractivity contribution in [2.75, 3.05) is 18.8 Å². The first kappa shape index (κ1) is 16.1. The van der Waals surface area contributed by atoms with Crippen molar-refractivity contribution in [2.45, 2.75) is 26.7 Å². The van der Waals surface area contributed by atoms with E-state index < -0.39 is 10.0 Å². The average Bonchev–Trinajstić information content (AvgIpc) is 2.36. The predicted molar refractivity (Wildman–Crippen MR) is 79.4 cm³/mol. The number of hydrogen-bond acceptors (Lipinski definition) is 3. The second-order valence-electron chi connectivity index (χ2n) is 5.58. The van der Waals surface area contributed by atoms with Crippen LogP contribution >= 0.6 is 0 Å². The predicted octanol–water partition coefficient (Wildman–Crippen LogP) is 1.52. The van der Waals surface area contributed by atoms with Crippen molar-refractivity contribution in [3.05, 3.63) is 35.9 Å². The fraction of sp³-hybridized carbons (Fsp3) is 0.571. The van der Waals surface area contributed by atoms with Gasteiger partial charge in [0.25, 0.3) is 0 Å². The van der Waals surface area contributed by atoms with Crippen molar-refractivity contribution in [3.8, 4) is 0 Å². The first-order valence-corrected chi connectivity index (χ1v) is 8.21. The van der Waals surface area contributed by atoms with Gasteiger partial charge in [-0.05, 0) is 30.4 Å². The summed E-state index contributed by atoms with van der Waals surface area (Å²) in [6.45, 7) is 5.03. The molecule has 0 aliphatic heterocycles. The van der Waals surface area contributed by atoms with Gasteiger partial charge in [0.05, 0.1) is 5.75 Å². The highest BCUT2D eigenvalue weighted by Crippen LogP contribution is 2.18. The first-order valence-electron chi connectivity index (χ1n) is 6.56. The van der Waals surface area contributed by atoms with E-state index in [1.807, 2.05) is 44.2 Å². The van der Waals surface area contributed by atoms with Gasteiger partial charge in [-0.15, -0.1) is 0 Å². The van der Waals surface area contributed by atoms with E-state index in [0.29, 0.717) is 19.5 Å². The van der Waals surface area contributed by atoms with Crippen molar-refractivity contribution in [1.82, 2.24) is 4.72 Å². The standard InChI is InChI=1S/C14H24N2O2S/c1-14(2,9-10-15)12-16-19(17,18)11-8-13-6-4-3-5-7-13/h3-7,16H,8-12,15H2,1-2H3.